The number of amides is 1. The van der Waals surface area contributed by atoms with E-state index in [0.29, 0.717) is 36.7 Å². The van der Waals surface area contributed by atoms with Crippen LogP contribution in [0.4, 0.5) is 11.5 Å². The molecule has 0 spiro atoms. The summed E-state index contributed by atoms with van der Waals surface area (Å²) in [6.07, 6.45) is 1.45. The van der Waals surface area contributed by atoms with Gasteiger partial charge in [-0.3, -0.25) is 9.10 Å². The summed E-state index contributed by atoms with van der Waals surface area (Å²) in [6, 6.07) is 21.6. The largest absolute Gasteiger partial charge is 0.309 e. The van der Waals surface area contributed by atoms with Crippen molar-refractivity contribution in [2.75, 3.05) is 36.3 Å². The first kappa shape index (κ1) is 25.3. The van der Waals surface area contributed by atoms with Gasteiger partial charge in [-0.25, -0.2) is 4.98 Å². The molecule has 1 fully saturated rings. The Bertz CT molecular complexity index is 1340. The number of anilines is 2. The molecule has 0 aliphatic carbocycles. The van der Waals surface area contributed by atoms with Crippen LogP contribution in [0.25, 0.3) is 0 Å². The SMILES string of the molecule is CC(CN[C@H](C(=O)Nc1ccc(N2CCN(C)S2(=O)=O)cn1)c1ccccc1)c1ccc(C#N)cc1. The number of likely N-dealkylation sites (N-methyl/N-ethyl adjacent to an activating group) is 1. The quantitative estimate of drug-likeness (QED) is 0.487. The smallest absolute Gasteiger partial charge is 0.303 e. The van der Waals surface area contributed by atoms with Crippen molar-refractivity contribution < 1.29 is 13.2 Å². The standard InChI is InChI=1S/C26H28N6O3S/c1-19(21-10-8-20(16-27)9-11-21)17-29-25(22-6-4-3-5-7-22)26(33)30-24-13-12-23(18-28-24)32-15-14-31(2)36(32,34)35/h3-13,18-19,25,29H,14-15,17H2,1-2H3,(H,28,30,33)/t19?,25-/m0/s1. The average Bonchev–Trinajstić information content (AvgIpc) is 3.17. The van der Waals surface area contributed by atoms with Crippen molar-refractivity contribution in [3.63, 3.8) is 0 Å². The molecule has 2 N–H and O–H groups in total. The summed E-state index contributed by atoms with van der Waals surface area (Å²) in [5, 5.41) is 15.2. The lowest BCUT2D eigenvalue weighted by atomic mass is 9.98. The molecule has 2 heterocycles. The van der Waals surface area contributed by atoms with E-state index < -0.39 is 16.3 Å². The third kappa shape index (κ3) is 5.54. The summed E-state index contributed by atoms with van der Waals surface area (Å²) in [4.78, 5) is 17.5. The number of nitrogens with zero attached hydrogens (tertiary/aromatic N) is 4. The van der Waals surface area contributed by atoms with Crippen LogP contribution in [0.15, 0.2) is 72.9 Å². The highest BCUT2D eigenvalue weighted by atomic mass is 32.2. The molecule has 0 bridgehead atoms. The molecule has 1 unspecified atom stereocenters. The lowest BCUT2D eigenvalue weighted by Gasteiger charge is -2.22. The molecule has 0 radical (unpaired) electrons. The van der Waals surface area contributed by atoms with Crippen LogP contribution in [0.2, 0.25) is 0 Å². The van der Waals surface area contributed by atoms with Gasteiger partial charge in [-0.2, -0.15) is 18.0 Å². The van der Waals surface area contributed by atoms with Crippen molar-refractivity contribution in [3.8, 4) is 6.07 Å². The minimum atomic E-state index is -3.53. The van der Waals surface area contributed by atoms with Crippen LogP contribution in [0.3, 0.4) is 0 Å². The van der Waals surface area contributed by atoms with Gasteiger partial charge < -0.3 is 10.6 Å². The van der Waals surface area contributed by atoms with Gasteiger partial charge >= 0.3 is 10.2 Å². The fraction of sp³-hybridized carbons (Fsp3) is 0.269. The van der Waals surface area contributed by atoms with E-state index in [0.717, 1.165) is 11.1 Å². The van der Waals surface area contributed by atoms with Crippen LogP contribution in [0, 0.1) is 11.3 Å². The van der Waals surface area contributed by atoms with Gasteiger partial charge in [0.1, 0.15) is 11.9 Å². The van der Waals surface area contributed by atoms with E-state index in [9.17, 15) is 13.2 Å². The zero-order chi connectivity index (χ0) is 25.7. The summed E-state index contributed by atoms with van der Waals surface area (Å²) < 4.78 is 27.4. The molecule has 2 atom stereocenters. The van der Waals surface area contributed by atoms with Gasteiger partial charge in [-0.15, -0.1) is 0 Å². The van der Waals surface area contributed by atoms with Crippen molar-refractivity contribution in [1.82, 2.24) is 14.6 Å². The first-order chi connectivity index (χ1) is 17.3. The van der Waals surface area contributed by atoms with Crippen LogP contribution in [0.1, 0.15) is 35.6 Å². The summed E-state index contributed by atoms with van der Waals surface area (Å²) in [7, 11) is -2.00. The van der Waals surface area contributed by atoms with E-state index in [2.05, 4.69) is 28.6 Å². The minimum absolute atomic E-state index is 0.106. The zero-order valence-electron chi connectivity index (χ0n) is 20.1. The molecule has 1 aliphatic rings. The van der Waals surface area contributed by atoms with Crippen molar-refractivity contribution in [1.29, 1.82) is 5.26 Å². The normalized spacial score (nSPS) is 16.8. The molecule has 4 rings (SSSR count). The van der Waals surface area contributed by atoms with E-state index in [1.165, 1.54) is 21.9 Å². The second kappa shape index (κ2) is 10.9. The van der Waals surface area contributed by atoms with Crippen molar-refractivity contribution >= 4 is 27.6 Å². The van der Waals surface area contributed by atoms with E-state index >= 15 is 0 Å². The Kier molecular flexibility index (Phi) is 7.64. The second-order valence-electron chi connectivity index (χ2n) is 8.68. The molecule has 10 heteroatoms. The number of nitriles is 1. The highest BCUT2D eigenvalue weighted by molar-refractivity contribution is 7.90. The Morgan fingerprint density at radius 1 is 1.06 bits per heavy atom. The summed E-state index contributed by atoms with van der Waals surface area (Å²) in [5.74, 6) is 0.160. The molecular weight excluding hydrogens is 476 g/mol. The fourth-order valence-corrected chi connectivity index (χ4v) is 5.34. The highest BCUT2D eigenvalue weighted by Crippen LogP contribution is 2.25. The molecule has 186 valence electrons. The van der Waals surface area contributed by atoms with E-state index in [-0.39, 0.29) is 11.8 Å². The maximum absolute atomic E-state index is 13.3. The van der Waals surface area contributed by atoms with Crippen LogP contribution in [0.5, 0.6) is 0 Å². The Morgan fingerprint density at radius 2 is 1.78 bits per heavy atom. The Morgan fingerprint density at radius 3 is 2.36 bits per heavy atom. The van der Waals surface area contributed by atoms with E-state index in [1.807, 2.05) is 42.5 Å². The predicted octanol–water partition coefficient (Wildman–Crippen LogP) is 3.02. The fourth-order valence-electron chi connectivity index (χ4n) is 4.00. The summed E-state index contributed by atoms with van der Waals surface area (Å²) in [5.41, 5.74) is 2.93. The van der Waals surface area contributed by atoms with Crippen molar-refractivity contribution in [2.45, 2.75) is 18.9 Å². The lowest BCUT2D eigenvalue weighted by molar-refractivity contribution is -0.118. The van der Waals surface area contributed by atoms with Crippen molar-refractivity contribution in [3.05, 3.63) is 89.6 Å². The number of hydrogen-bond donors (Lipinski definition) is 2. The average molecular weight is 505 g/mol. The van der Waals surface area contributed by atoms with Gasteiger partial charge in [0, 0.05) is 26.7 Å². The highest BCUT2D eigenvalue weighted by Gasteiger charge is 2.34. The predicted molar refractivity (Wildman–Crippen MR) is 139 cm³/mol. The topological polar surface area (TPSA) is 118 Å². The molecular formula is C26H28N6O3S. The minimum Gasteiger partial charge on any atom is -0.309 e. The van der Waals surface area contributed by atoms with Gasteiger partial charge in [0.15, 0.2) is 0 Å². The van der Waals surface area contributed by atoms with Gasteiger partial charge in [-0.1, -0.05) is 49.4 Å². The van der Waals surface area contributed by atoms with Crippen LogP contribution in [-0.2, 0) is 15.0 Å². The van der Waals surface area contributed by atoms with Crippen LogP contribution < -0.4 is 14.9 Å². The Balaban J connectivity index is 1.46. The van der Waals surface area contributed by atoms with Crippen molar-refractivity contribution in [2.24, 2.45) is 0 Å². The van der Waals surface area contributed by atoms with E-state index in [1.54, 1.807) is 24.3 Å². The third-order valence-electron chi connectivity index (χ3n) is 6.21. The number of aromatic nitrogens is 1. The summed E-state index contributed by atoms with van der Waals surface area (Å²) in [6.45, 7) is 3.35. The van der Waals surface area contributed by atoms with Crippen LogP contribution in [-0.4, -0.2) is 50.3 Å². The monoisotopic (exact) mass is 504 g/mol. The van der Waals surface area contributed by atoms with Gasteiger partial charge in [0.25, 0.3) is 0 Å². The molecule has 36 heavy (non-hydrogen) atoms. The second-order valence-corrected chi connectivity index (χ2v) is 10.6. The van der Waals surface area contributed by atoms with Gasteiger partial charge in [0.05, 0.1) is 23.5 Å². The Labute approximate surface area is 211 Å². The maximum Gasteiger partial charge on any atom is 0.303 e. The first-order valence-electron chi connectivity index (χ1n) is 11.6. The van der Waals surface area contributed by atoms with E-state index in [4.69, 9.17) is 5.26 Å². The molecule has 0 saturated carbocycles. The molecule has 1 aliphatic heterocycles. The number of rotatable bonds is 8. The number of nitrogens with one attached hydrogen (secondary N) is 2. The van der Waals surface area contributed by atoms with Gasteiger partial charge in [0.2, 0.25) is 5.91 Å². The van der Waals surface area contributed by atoms with Crippen LogP contribution >= 0.6 is 0 Å². The lowest BCUT2D eigenvalue weighted by Crippen LogP contribution is -2.35. The Hall–Kier alpha value is -3.78. The number of benzene rings is 2. The molecule has 2 aromatic carbocycles. The zero-order valence-corrected chi connectivity index (χ0v) is 20.9. The first-order valence-corrected chi connectivity index (χ1v) is 13.0. The summed E-state index contributed by atoms with van der Waals surface area (Å²) >= 11 is 0. The molecule has 3 aromatic rings. The maximum atomic E-state index is 13.3. The molecule has 1 aromatic heterocycles. The molecule has 9 nitrogen and oxygen atoms in total. The third-order valence-corrected chi connectivity index (χ3v) is 8.13. The number of hydrogen-bond acceptors (Lipinski definition) is 6. The number of carbonyl (C=O) groups excluding carboxylic acids is 1. The van der Waals surface area contributed by atoms with Gasteiger partial charge in [-0.05, 0) is 41.3 Å². The molecule has 1 saturated heterocycles. The number of pyridine rings is 1. The molecule has 1 amide bonds. The number of carbonyl (C=O) groups is 1.